The molecule has 1 aromatic carbocycles. The fraction of sp³-hybridized carbons (Fsp3) is 0.385. The van der Waals surface area contributed by atoms with Crippen molar-refractivity contribution in [1.29, 1.82) is 0 Å². The quantitative estimate of drug-likeness (QED) is 0.869. The standard InChI is InChI=1S/C13H18N4S/c1-3-11(14)8-10-4-6-12(7-5-10)18-13-15-9(2)16-17-13/h4-7,11H,3,8,14H2,1-2H3,(H,15,16,17). The molecule has 0 radical (unpaired) electrons. The van der Waals surface area contributed by atoms with E-state index in [0.717, 1.165) is 28.7 Å². The summed E-state index contributed by atoms with van der Waals surface area (Å²) in [4.78, 5) is 5.41. The maximum absolute atomic E-state index is 5.94. The number of aromatic amines is 1. The van der Waals surface area contributed by atoms with E-state index in [4.69, 9.17) is 5.73 Å². The molecule has 4 nitrogen and oxygen atoms in total. The number of nitrogens with zero attached hydrogens (tertiary/aromatic N) is 2. The van der Waals surface area contributed by atoms with Crippen LogP contribution in [0.2, 0.25) is 0 Å². The fourth-order valence-electron chi connectivity index (χ4n) is 1.61. The first kappa shape index (κ1) is 13.1. The van der Waals surface area contributed by atoms with E-state index < -0.39 is 0 Å². The molecule has 0 aliphatic heterocycles. The molecule has 0 spiro atoms. The average Bonchev–Trinajstić information content (AvgIpc) is 2.77. The minimum atomic E-state index is 0.249. The molecule has 2 aromatic rings. The molecule has 0 bridgehead atoms. The summed E-state index contributed by atoms with van der Waals surface area (Å²) in [5.41, 5.74) is 7.22. The molecule has 96 valence electrons. The minimum absolute atomic E-state index is 0.249. The van der Waals surface area contributed by atoms with Gasteiger partial charge >= 0.3 is 0 Å². The second kappa shape index (κ2) is 6.02. The number of rotatable bonds is 5. The van der Waals surface area contributed by atoms with E-state index in [0.29, 0.717) is 0 Å². The van der Waals surface area contributed by atoms with Crippen LogP contribution in [0.3, 0.4) is 0 Å². The van der Waals surface area contributed by atoms with Crippen LogP contribution in [0.5, 0.6) is 0 Å². The Labute approximate surface area is 111 Å². The van der Waals surface area contributed by atoms with Gasteiger partial charge in [-0.05, 0) is 49.2 Å². The number of aryl methyl sites for hydroxylation is 1. The van der Waals surface area contributed by atoms with Crippen LogP contribution in [0.4, 0.5) is 0 Å². The predicted octanol–water partition coefficient (Wildman–Crippen LogP) is 2.54. The summed E-state index contributed by atoms with van der Waals surface area (Å²) >= 11 is 1.56. The first-order valence-electron chi connectivity index (χ1n) is 6.08. The van der Waals surface area contributed by atoms with Gasteiger partial charge in [-0.25, -0.2) is 4.98 Å². The summed E-state index contributed by atoms with van der Waals surface area (Å²) in [7, 11) is 0. The van der Waals surface area contributed by atoms with E-state index in [1.165, 1.54) is 5.56 Å². The smallest absolute Gasteiger partial charge is 0.213 e. The number of benzene rings is 1. The Morgan fingerprint density at radius 3 is 2.61 bits per heavy atom. The lowest BCUT2D eigenvalue weighted by Crippen LogP contribution is -2.21. The molecular weight excluding hydrogens is 244 g/mol. The Morgan fingerprint density at radius 2 is 2.06 bits per heavy atom. The average molecular weight is 262 g/mol. The summed E-state index contributed by atoms with van der Waals surface area (Å²) in [5, 5.41) is 7.69. The minimum Gasteiger partial charge on any atom is -0.327 e. The van der Waals surface area contributed by atoms with E-state index in [9.17, 15) is 0 Å². The van der Waals surface area contributed by atoms with E-state index in [-0.39, 0.29) is 6.04 Å². The summed E-state index contributed by atoms with van der Waals surface area (Å²) in [6, 6.07) is 8.68. The highest BCUT2D eigenvalue weighted by molar-refractivity contribution is 7.99. The number of hydrogen-bond acceptors (Lipinski definition) is 4. The number of hydrogen-bond donors (Lipinski definition) is 2. The molecule has 1 atom stereocenters. The van der Waals surface area contributed by atoms with Crippen molar-refractivity contribution in [3.05, 3.63) is 35.7 Å². The fourth-order valence-corrected chi connectivity index (χ4v) is 2.37. The van der Waals surface area contributed by atoms with E-state index in [1.807, 2.05) is 6.92 Å². The Balaban J connectivity index is 1.99. The third-order valence-corrected chi connectivity index (χ3v) is 3.60. The largest absolute Gasteiger partial charge is 0.327 e. The van der Waals surface area contributed by atoms with Gasteiger partial charge in [-0.15, -0.1) is 5.10 Å². The van der Waals surface area contributed by atoms with Crippen LogP contribution in [0.15, 0.2) is 34.3 Å². The number of nitrogens with one attached hydrogen (secondary N) is 1. The molecule has 0 aliphatic rings. The number of nitrogens with two attached hydrogens (primary N) is 1. The normalized spacial score (nSPS) is 12.6. The van der Waals surface area contributed by atoms with Crippen molar-refractivity contribution in [3.63, 3.8) is 0 Å². The van der Waals surface area contributed by atoms with E-state index in [1.54, 1.807) is 11.8 Å². The van der Waals surface area contributed by atoms with Crippen LogP contribution < -0.4 is 5.73 Å². The van der Waals surface area contributed by atoms with Crippen molar-refractivity contribution in [2.45, 2.75) is 42.8 Å². The first-order valence-corrected chi connectivity index (χ1v) is 6.90. The maximum Gasteiger partial charge on any atom is 0.213 e. The summed E-state index contributed by atoms with van der Waals surface area (Å²) < 4.78 is 0. The van der Waals surface area contributed by atoms with Gasteiger partial charge in [0, 0.05) is 10.9 Å². The summed E-state index contributed by atoms with van der Waals surface area (Å²) in [5.74, 6) is 0.836. The topological polar surface area (TPSA) is 67.6 Å². The van der Waals surface area contributed by atoms with E-state index in [2.05, 4.69) is 46.4 Å². The van der Waals surface area contributed by atoms with Gasteiger partial charge in [0.15, 0.2) is 0 Å². The zero-order valence-electron chi connectivity index (χ0n) is 10.7. The molecule has 0 amide bonds. The van der Waals surface area contributed by atoms with Crippen LogP contribution in [0, 0.1) is 6.92 Å². The SMILES string of the molecule is CCC(N)Cc1ccc(Sc2n[nH]c(C)n2)cc1. The molecule has 0 saturated heterocycles. The van der Waals surface area contributed by atoms with Gasteiger partial charge in [0.1, 0.15) is 5.82 Å². The highest BCUT2D eigenvalue weighted by Crippen LogP contribution is 2.24. The van der Waals surface area contributed by atoms with Gasteiger partial charge < -0.3 is 5.73 Å². The highest BCUT2D eigenvalue weighted by Gasteiger charge is 2.04. The van der Waals surface area contributed by atoms with Gasteiger partial charge in [-0.1, -0.05) is 19.1 Å². The molecular formula is C13H18N4S. The zero-order chi connectivity index (χ0) is 13.0. The molecule has 1 aromatic heterocycles. The second-order valence-electron chi connectivity index (χ2n) is 4.32. The van der Waals surface area contributed by atoms with Crippen molar-refractivity contribution in [1.82, 2.24) is 15.2 Å². The Bertz CT molecular complexity index is 492. The Hall–Kier alpha value is -1.33. The molecule has 1 heterocycles. The number of aromatic nitrogens is 3. The summed E-state index contributed by atoms with van der Waals surface area (Å²) in [6.45, 7) is 4.01. The van der Waals surface area contributed by atoms with Crippen molar-refractivity contribution < 1.29 is 0 Å². The van der Waals surface area contributed by atoms with Gasteiger partial charge in [-0.3, -0.25) is 5.10 Å². The molecule has 0 fully saturated rings. The highest BCUT2D eigenvalue weighted by atomic mass is 32.2. The molecule has 0 aliphatic carbocycles. The van der Waals surface area contributed by atoms with Gasteiger partial charge in [0.25, 0.3) is 0 Å². The number of H-pyrrole nitrogens is 1. The van der Waals surface area contributed by atoms with Gasteiger partial charge in [0.2, 0.25) is 5.16 Å². The first-order chi connectivity index (χ1) is 8.67. The van der Waals surface area contributed by atoms with Crippen LogP contribution in [0.1, 0.15) is 24.7 Å². The lowest BCUT2D eigenvalue weighted by atomic mass is 10.1. The monoisotopic (exact) mass is 262 g/mol. The second-order valence-corrected chi connectivity index (χ2v) is 5.36. The molecule has 1 unspecified atom stereocenters. The molecule has 5 heteroatoms. The van der Waals surface area contributed by atoms with Crippen LogP contribution in [-0.4, -0.2) is 21.2 Å². The molecule has 3 N–H and O–H groups in total. The molecule has 2 rings (SSSR count). The van der Waals surface area contributed by atoms with Crippen molar-refractivity contribution in [2.75, 3.05) is 0 Å². The predicted molar refractivity (Wildman–Crippen MR) is 73.7 cm³/mol. The van der Waals surface area contributed by atoms with Crippen molar-refractivity contribution in [3.8, 4) is 0 Å². The lowest BCUT2D eigenvalue weighted by molar-refractivity contribution is 0.646. The van der Waals surface area contributed by atoms with Crippen molar-refractivity contribution >= 4 is 11.8 Å². The Kier molecular flexibility index (Phi) is 4.38. The van der Waals surface area contributed by atoms with E-state index >= 15 is 0 Å². The molecule has 0 saturated carbocycles. The van der Waals surface area contributed by atoms with Crippen LogP contribution in [-0.2, 0) is 6.42 Å². The lowest BCUT2D eigenvalue weighted by Gasteiger charge is -2.08. The third kappa shape index (κ3) is 3.58. The van der Waals surface area contributed by atoms with Crippen LogP contribution >= 0.6 is 11.8 Å². The molecule has 18 heavy (non-hydrogen) atoms. The Morgan fingerprint density at radius 1 is 1.33 bits per heavy atom. The van der Waals surface area contributed by atoms with Gasteiger partial charge in [0.05, 0.1) is 0 Å². The van der Waals surface area contributed by atoms with Gasteiger partial charge in [-0.2, -0.15) is 0 Å². The van der Waals surface area contributed by atoms with Crippen LogP contribution in [0.25, 0.3) is 0 Å². The zero-order valence-corrected chi connectivity index (χ0v) is 11.5. The maximum atomic E-state index is 5.94. The summed E-state index contributed by atoms with van der Waals surface area (Å²) in [6.07, 6.45) is 1.94. The third-order valence-electron chi connectivity index (χ3n) is 2.73. The van der Waals surface area contributed by atoms with Crippen molar-refractivity contribution in [2.24, 2.45) is 5.73 Å².